The summed E-state index contributed by atoms with van der Waals surface area (Å²) in [6, 6.07) is 18.5. The molecular weight excluding hydrogens is 554 g/mol. The second kappa shape index (κ2) is 13.1. The van der Waals surface area contributed by atoms with Gasteiger partial charge in [-0.3, -0.25) is 14.2 Å². The average Bonchev–Trinajstić information content (AvgIpc) is 3.36. The minimum atomic E-state index is -0.513. The lowest BCUT2D eigenvalue weighted by molar-refractivity contribution is -0.132. The molecule has 0 aliphatic carbocycles. The predicted molar refractivity (Wildman–Crippen MR) is 154 cm³/mol. The number of aryl methyl sites for hydroxylation is 1. The number of rotatable bonds is 10. The number of carbonyl (C=O) groups excluding carboxylic acids is 2. The van der Waals surface area contributed by atoms with Crippen LogP contribution < -0.4 is 19.6 Å². The number of nitrogens with zero attached hydrogens (tertiary/aromatic N) is 4. The zero-order chi connectivity index (χ0) is 28.6. The first kappa shape index (κ1) is 28.7. The molecule has 1 heterocycles. The number of amides is 1. The number of aromatic nitrogens is 3. The number of esters is 1. The number of benzene rings is 3. The highest BCUT2D eigenvalue weighted by molar-refractivity contribution is 7.99. The van der Waals surface area contributed by atoms with Gasteiger partial charge in [0.1, 0.15) is 0 Å². The molecule has 0 fully saturated rings. The van der Waals surface area contributed by atoms with Crippen molar-refractivity contribution in [3.63, 3.8) is 0 Å². The van der Waals surface area contributed by atoms with Crippen LogP contribution in [0.3, 0.4) is 0 Å². The molecular formula is C28H26ClN5O5S. The number of hydrazone groups is 1. The van der Waals surface area contributed by atoms with Crippen LogP contribution >= 0.6 is 23.4 Å². The fourth-order valence-electron chi connectivity index (χ4n) is 3.64. The van der Waals surface area contributed by atoms with Crippen LogP contribution in [-0.4, -0.2) is 52.8 Å². The number of thioether (sulfide) groups is 1. The molecule has 1 aromatic heterocycles. The second-order valence-electron chi connectivity index (χ2n) is 8.41. The van der Waals surface area contributed by atoms with Gasteiger partial charge in [0.2, 0.25) is 5.75 Å². The van der Waals surface area contributed by atoms with Crippen molar-refractivity contribution in [2.24, 2.45) is 5.10 Å². The molecule has 40 heavy (non-hydrogen) atoms. The first-order valence-corrected chi connectivity index (χ1v) is 13.3. The Morgan fingerprint density at radius 1 is 1.02 bits per heavy atom. The number of ether oxygens (including phenoxy) is 3. The highest BCUT2D eigenvalue weighted by Crippen LogP contribution is 2.38. The Bertz CT molecular complexity index is 1510. The van der Waals surface area contributed by atoms with Gasteiger partial charge in [0, 0.05) is 28.8 Å². The Hall–Kier alpha value is -4.35. The fourth-order valence-corrected chi connectivity index (χ4v) is 4.51. The van der Waals surface area contributed by atoms with Crippen molar-refractivity contribution in [3.8, 4) is 34.3 Å². The van der Waals surface area contributed by atoms with Crippen LogP contribution in [0.5, 0.6) is 17.2 Å². The van der Waals surface area contributed by atoms with Crippen LogP contribution in [-0.2, 0) is 9.59 Å². The summed E-state index contributed by atoms with van der Waals surface area (Å²) in [7, 11) is 2.88. The highest BCUT2D eigenvalue weighted by Gasteiger charge is 2.18. The number of hydrogen-bond donors (Lipinski definition) is 1. The molecule has 1 N–H and O–H groups in total. The lowest BCUT2D eigenvalue weighted by atomic mass is 10.2. The molecule has 0 spiro atoms. The summed E-state index contributed by atoms with van der Waals surface area (Å²) in [5, 5.41) is 13.9. The van der Waals surface area contributed by atoms with E-state index >= 15 is 0 Å². The van der Waals surface area contributed by atoms with E-state index in [0.717, 1.165) is 16.8 Å². The van der Waals surface area contributed by atoms with Crippen molar-refractivity contribution in [3.05, 3.63) is 76.8 Å². The lowest BCUT2D eigenvalue weighted by Gasteiger charge is -2.13. The van der Waals surface area contributed by atoms with Crippen molar-refractivity contribution in [2.45, 2.75) is 19.0 Å². The molecule has 0 aliphatic rings. The van der Waals surface area contributed by atoms with E-state index in [2.05, 4.69) is 20.7 Å². The molecule has 0 saturated carbocycles. The third kappa shape index (κ3) is 6.99. The van der Waals surface area contributed by atoms with Gasteiger partial charge in [-0.25, -0.2) is 5.43 Å². The number of nitrogens with one attached hydrogen (secondary N) is 1. The molecule has 0 atom stereocenters. The van der Waals surface area contributed by atoms with Gasteiger partial charge in [0.25, 0.3) is 5.91 Å². The van der Waals surface area contributed by atoms with Crippen molar-refractivity contribution < 1.29 is 23.8 Å². The largest absolute Gasteiger partial charge is 0.493 e. The van der Waals surface area contributed by atoms with E-state index in [1.807, 2.05) is 47.9 Å². The molecule has 12 heteroatoms. The van der Waals surface area contributed by atoms with E-state index in [1.54, 1.807) is 24.3 Å². The Labute approximate surface area is 240 Å². The van der Waals surface area contributed by atoms with Gasteiger partial charge < -0.3 is 14.2 Å². The van der Waals surface area contributed by atoms with Crippen molar-refractivity contribution in [1.29, 1.82) is 0 Å². The topological polar surface area (TPSA) is 117 Å². The van der Waals surface area contributed by atoms with E-state index in [4.69, 9.17) is 25.8 Å². The van der Waals surface area contributed by atoms with Crippen molar-refractivity contribution in [1.82, 2.24) is 20.2 Å². The molecule has 206 valence electrons. The summed E-state index contributed by atoms with van der Waals surface area (Å²) in [5.74, 6) is 0.534. The molecule has 0 radical (unpaired) electrons. The Balaban J connectivity index is 1.48. The van der Waals surface area contributed by atoms with Gasteiger partial charge in [-0.2, -0.15) is 5.10 Å². The van der Waals surface area contributed by atoms with E-state index in [9.17, 15) is 9.59 Å². The summed E-state index contributed by atoms with van der Waals surface area (Å²) in [6.07, 6.45) is 1.43. The van der Waals surface area contributed by atoms with Gasteiger partial charge in [0.15, 0.2) is 22.5 Å². The van der Waals surface area contributed by atoms with Gasteiger partial charge in [-0.1, -0.05) is 41.1 Å². The van der Waals surface area contributed by atoms with Crippen LogP contribution in [0.15, 0.2) is 70.9 Å². The minimum Gasteiger partial charge on any atom is -0.493 e. The molecule has 10 nitrogen and oxygen atoms in total. The number of carbonyl (C=O) groups is 2. The summed E-state index contributed by atoms with van der Waals surface area (Å²) < 4.78 is 17.7. The summed E-state index contributed by atoms with van der Waals surface area (Å²) >= 11 is 7.29. The third-order valence-corrected chi connectivity index (χ3v) is 6.67. The maximum absolute atomic E-state index is 12.6. The van der Waals surface area contributed by atoms with Crippen molar-refractivity contribution >= 4 is 41.5 Å². The van der Waals surface area contributed by atoms with Crippen LogP contribution in [0.25, 0.3) is 17.1 Å². The Morgan fingerprint density at radius 3 is 2.27 bits per heavy atom. The van der Waals surface area contributed by atoms with Gasteiger partial charge in [0.05, 0.1) is 26.2 Å². The van der Waals surface area contributed by atoms with Gasteiger partial charge >= 0.3 is 5.97 Å². The van der Waals surface area contributed by atoms with E-state index in [-0.39, 0.29) is 28.9 Å². The molecule has 4 aromatic rings. The molecule has 1 amide bonds. The predicted octanol–water partition coefficient (Wildman–Crippen LogP) is 5.08. The molecule has 3 aromatic carbocycles. The zero-order valence-corrected chi connectivity index (χ0v) is 23.7. The summed E-state index contributed by atoms with van der Waals surface area (Å²) in [4.78, 5) is 24.0. The smallest absolute Gasteiger partial charge is 0.308 e. The molecule has 0 bridgehead atoms. The number of methoxy groups -OCH3 is 2. The third-order valence-electron chi connectivity index (χ3n) is 5.49. The van der Waals surface area contributed by atoms with Crippen molar-refractivity contribution in [2.75, 3.05) is 20.0 Å². The van der Waals surface area contributed by atoms with E-state index in [1.165, 1.54) is 39.1 Å². The maximum Gasteiger partial charge on any atom is 0.308 e. The Morgan fingerprint density at radius 2 is 1.68 bits per heavy atom. The molecule has 4 rings (SSSR count). The first-order valence-electron chi connectivity index (χ1n) is 12.0. The molecule has 0 unspecified atom stereocenters. The second-order valence-corrected chi connectivity index (χ2v) is 9.79. The monoisotopic (exact) mass is 579 g/mol. The fraction of sp³-hybridized carbons (Fsp3) is 0.179. The van der Waals surface area contributed by atoms with Gasteiger partial charge in [-0.05, 0) is 55.5 Å². The average molecular weight is 580 g/mol. The van der Waals surface area contributed by atoms with Crippen LogP contribution in [0.1, 0.15) is 18.1 Å². The number of halogens is 1. The van der Waals surface area contributed by atoms with Crippen LogP contribution in [0.4, 0.5) is 0 Å². The van der Waals surface area contributed by atoms with E-state index in [0.29, 0.717) is 21.6 Å². The zero-order valence-electron chi connectivity index (χ0n) is 22.2. The number of hydrogen-bond acceptors (Lipinski definition) is 9. The Kier molecular flexibility index (Phi) is 9.41. The first-order chi connectivity index (χ1) is 19.3. The standard InChI is InChI=1S/C28H26ClN5O5S/c1-17-5-11-22(12-6-17)34-27(20-7-9-21(29)10-8-20)32-33-28(34)40-16-25(36)31-30-15-19-13-23(37-3)26(39-18(2)35)24(14-19)38-4/h5-15H,16H2,1-4H3,(H,31,36)/b30-15+. The lowest BCUT2D eigenvalue weighted by Crippen LogP contribution is -2.20. The SMILES string of the molecule is COc1cc(/C=N/NC(=O)CSc2nnc(-c3ccc(Cl)cc3)n2-c2ccc(C)cc2)cc(OC)c1OC(C)=O. The highest BCUT2D eigenvalue weighted by atomic mass is 35.5. The van der Waals surface area contributed by atoms with Gasteiger partial charge in [-0.15, -0.1) is 10.2 Å². The van der Waals surface area contributed by atoms with E-state index < -0.39 is 5.97 Å². The van der Waals surface area contributed by atoms with Crippen LogP contribution in [0.2, 0.25) is 5.02 Å². The molecule has 0 saturated heterocycles. The molecule has 0 aliphatic heterocycles. The summed E-state index contributed by atoms with van der Waals surface area (Å²) in [6.45, 7) is 3.29. The van der Waals surface area contributed by atoms with Crippen LogP contribution in [0, 0.1) is 6.92 Å². The maximum atomic E-state index is 12.6. The quantitative estimate of drug-likeness (QED) is 0.0908. The minimum absolute atomic E-state index is 0.0417. The summed E-state index contributed by atoms with van der Waals surface area (Å²) in [5.41, 5.74) is 5.88. The normalized spacial score (nSPS) is 10.9.